The Kier molecular flexibility index (Phi) is 8.91. The summed E-state index contributed by atoms with van der Waals surface area (Å²) in [6, 6.07) is 0. The van der Waals surface area contributed by atoms with Crippen molar-refractivity contribution in [2.75, 3.05) is 12.1 Å². The first-order valence-corrected chi connectivity index (χ1v) is 10.8. The summed E-state index contributed by atoms with van der Waals surface area (Å²) in [7, 11) is -3.33. The molecule has 0 bridgehead atoms. The van der Waals surface area contributed by atoms with Crippen molar-refractivity contribution < 1.29 is 37.4 Å². The average Bonchev–Trinajstić information content (AvgIpc) is 2.75. The van der Waals surface area contributed by atoms with Gasteiger partial charge in [0.05, 0.1) is 29.6 Å². The molecule has 146 valence electrons. The van der Waals surface area contributed by atoms with Gasteiger partial charge in [-0.15, -0.1) is 11.8 Å². The summed E-state index contributed by atoms with van der Waals surface area (Å²) in [6.07, 6.45) is -2.28. The lowest BCUT2D eigenvalue weighted by atomic mass is 10.3. The Morgan fingerprint density at radius 2 is 1.60 bits per heavy atom. The highest BCUT2D eigenvalue weighted by Gasteiger charge is 2.44. The molecule has 0 aromatic rings. The van der Waals surface area contributed by atoms with Crippen molar-refractivity contribution in [2.45, 2.75) is 71.4 Å². The van der Waals surface area contributed by atoms with E-state index in [0.717, 1.165) is 0 Å². The molecule has 0 saturated carbocycles. The molecular formula is C15H27O8PS. The Hall–Kier alpha value is -0.600. The predicted octanol–water partition coefficient (Wildman–Crippen LogP) is 2.94. The molecule has 1 aliphatic heterocycles. The summed E-state index contributed by atoms with van der Waals surface area (Å²) in [5.74, 6) is -1.05. The van der Waals surface area contributed by atoms with E-state index in [1.165, 1.54) is 25.6 Å². The molecule has 10 heteroatoms. The molecule has 1 fully saturated rings. The minimum Gasteiger partial charge on any atom is -0.455 e. The molecule has 0 aliphatic carbocycles. The van der Waals surface area contributed by atoms with Gasteiger partial charge in [0.1, 0.15) is 0 Å². The van der Waals surface area contributed by atoms with Crippen LogP contribution in [0.25, 0.3) is 0 Å². The minimum absolute atomic E-state index is 0.0714. The highest BCUT2D eigenvalue weighted by atomic mass is 32.2. The highest BCUT2D eigenvalue weighted by molar-refractivity contribution is 8.05. The molecule has 1 aliphatic rings. The summed E-state index contributed by atoms with van der Waals surface area (Å²) in [4.78, 5) is 22.5. The van der Waals surface area contributed by atoms with Crippen molar-refractivity contribution in [3.63, 3.8) is 0 Å². The summed E-state index contributed by atoms with van der Waals surface area (Å²) in [5, 5.41) is -0.354. The molecule has 0 aromatic carbocycles. The Labute approximate surface area is 152 Å². The maximum Gasteiger partial charge on any atom is 0.340 e. The third kappa shape index (κ3) is 8.09. The fourth-order valence-corrected chi connectivity index (χ4v) is 6.07. The van der Waals surface area contributed by atoms with Crippen molar-refractivity contribution in [3.8, 4) is 0 Å². The maximum absolute atomic E-state index is 12.9. The zero-order valence-corrected chi connectivity index (χ0v) is 17.1. The summed E-state index contributed by atoms with van der Waals surface area (Å²) in [6.45, 7) is 9.80. The number of ether oxygens (including phenoxy) is 3. The first kappa shape index (κ1) is 22.4. The topological polar surface area (TPSA) is 97.4 Å². The van der Waals surface area contributed by atoms with Crippen LogP contribution in [0.4, 0.5) is 0 Å². The number of rotatable bonds is 9. The molecule has 3 atom stereocenters. The van der Waals surface area contributed by atoms with Gasteiger partial charge in [0, 0.05) is 13.8 Å². The van der Waals surface area contributed by atoms with E-state index in [9.17, 15) is 14.2 Å². The first-order chi connectivity index (χ1) is 11.5. The van der Waals surface area contributed by atoms with E-state index < -0.39 is 31.9 Å². The van der Waals surface area contributed by atoms with Crippen LogP contribution in [0, 0.1) is 0 Å². The maximum atomic E-state index is 12.9. The van der Waals surface area contributed by atoms with E-state index in [-0.39, 0.29) is 29.6 Å². The fourth-order valence-electron chi connectivity index (χ4n) is 2.20. The van der Waals surface area contributed by atoms with Gasteiger partial charge >= 0.3 is 19.5 Å². The van der Waals surface area contributed by atoms with E-state index in [0.29, 0.717) is 0 Å². The Morgan fingerprint density at radius 3 is 2.04 bits per heavy atom. The lowest BCUT2D eigenvalue weighted by Crippen LogP contribution is -2.36. The molecule has 0 spiro atoms. The van der Waals surface area contributed by atoms with Gasteiger partial charge in [-0.3, -0.25) is 14.2 Å². The molecule has 0 amide bonds. The molecule has 1 unspecified atom stereocenters. The van der Waals surface area contributed by atoms with Crippen molar-refractivity contribution >= 4 is 31.3 Å². The summed E-state index contributed by atoms with van der Waals surface area (Å²) >= 11 is 1.25. The molecule has 1 saturated heterocycles. The SMILES string of the molecule is CC(=O)OC1OC[C@H](SCP(=O)(OC(C)C)OC(C)C)[C@H]1OC(C)=O. The number of thioether (sulfide) groups is 1. The molecule has 0 aromatic heterocycles. The monoisotopic (exact) mass is 398 g/mol. The van der Waals surface area contributed by atoms with Gasteiger partial charge in [0.2, 0.25) is 6.29 Å². The summed E-state index contributed by atoms with van der Waals surface area (Å²) in [5.41, 5.74) is 0.0714. The van der Waals surface area contributed by atoms with Gasteiger partial charge in [-0.05, 0) is 27.7 Å². The number of hydrogen-bond acceptors (Lipinski definition) is 9. The van der Waals surface area contributed by atoms with Crippen LogP contribution >= 0.6 is 19.4 Å². The van der Waals surface area contributed by atoms with Crippen LogP contribution in [-0.2, 0) is 37.4 Å². The van der Waals surface area contributed by atoms with Gasteiger partial charge in [-0.25, -0.2) is 0 Å². The van der Waals surface area contributed by atoms with Crippen molar-refractivity contribution in [1.82, 2.24) is 0 Å². The van der Waals surface area contributed by atoms with Gasteiger partial charge in [0.15, 0.2) is 6.10 Å². The largest absolute Gasteiger partial charge is 0.455 e. The van der Waals surface area contributed by atoms with Crippen LogP contribution in [0.5, 0.6) is 0 Å². The number of carbonyl (C=O) groups is 2. The first-order valence-electron chi connectivity index (χ1n) is 8.06. The average molecular weight is 398 g/mol. The Balaban J connectivity index is 2.78. The molecule has 1 rings (SSSR count). The Bertz CT molecular complexity index is 496. The van der Waals surface area contributed by atoms with Gasteiger partial charge in [-0.1, -0.05) is 0 Å². The van der Waals surface area contributed by atoms with E-state index in [1.54, 1.807) is 27.7 Å². The molecule has 1 heterocycles. The van der Waals surface area contributed by atoms with Crippen LogP contribution in [0.1, 0.15) is 41.5 Å². The van der Waals surface area contributed by atoms with Crippen molar-refractivity contribution in [2.24, 2.45) is 0 Å². The lowest BCUT2D eigenvalue weighted by molar-refractivity contribution is -0.189. The third-order valence-corrected chi connectivity index (χ3v) is 7.01. The van der Waals surface area contributed by atoms with Gasteiger partial charge in [-0.2, -0.15) is 0 Å². The van der Waals surface area contributed by atoms with Crippen LogP contribution in [0.2, 0.25) is 0 Å². The van der Waals surface area contributed by atoms with E-state index in [1.807, 2.05) is 0 Å². The molecule has 25 heavy (non-hydrogen) atoms. The summed E-state index contributed by atoms with van der Waals surface area (Å²) < 4.78 is 39.5. The minimum atomic E-state index is -3.33. The van der Waals surface area contributed by atoms with E-state index in [2.05, 4.69) is 0 Å². The van der Waals surface area contributed by atoms with E-state index >= 15 is 0 Å². The highest BCUT2D eigenvalue weighted by Crippen LogP contribution is 2.54. The molecule has 0 radical (unpaired) electrons. The second-order valence-corrected chi connectivity index (χ2v) is 9.75. The van der Waals surface area contributed by atoms with Crippen LogP contribution in [-0.4, -0.2) is 53.9 Å². The zero-order valence-electron chi connectivity index (χ0n) is 15.4. The normalized spacial score (nSPS) is 23.9. The quantitative estimate of drug-likeness (QED) is 0.429. The number of carbonyl (C=O) groups excluding carboxylic acids is 2. The number of esters is 2. The van der Waals surface area contributed by atoms with Crippen molar-refractivity contribution in [1.29, 1.82) is 0 Å². The van der Waals surface area contributed by atoms with E-state index in [4.69, 9.17) is 23.3 Å². The zero-order chi connectivity index (χ0) is 19.2. The smallest absolute Gasteiger partial charge is 0.340 e. The molecular weight excluding hydrogens is 371 g/mol. The van der Waals surface area contributed by atoms with Crippen molar-refractivity contribution in [3.05, 3.63) is 0 Å². The second-order valence-electron chi connectivity index (χ2n) is 6.14. The number of hydrogen-bond donors (Lipinski definition) is 0. The second kappa shape index (κ2) is 9.92. The Morgan fingerprint density at radius 1 is 1.08 bits per heavy atom. The lowest BCUT2D eigenvalue weighted by Gasteiger charge is -2.25. The molecule has 0 N–H and O–H groups in total. The standard InChI is InChI=1S/C15H27O8PS/c1-9(2)22-24(18,23-10(3)4)8-25-13-7-19-15(21-12(6)17)14(13)20-11(5)16/h9-10,13-15H,7-8H2,1-6H3/t13-,14+,15?/m0/s1. The van der Waals surface area contributed by atoms with Crippen LogP contribution in [0.3, 0.4) is 0 Å². The van der Waals surface area contributed by atoms with Gasteiger partial charge in [0.25, 0.3) is 0 Å². The third-order valence-electron chi connectivity index (χ3n) is 2.83. The van der Waals surface area contributed by atoms with Crippen LogP contribution < -0.4 is 0 Å². The predicted molar refractivity (Wildman–Crippen MR) is 93.4 cm³/mol. The van der Waals surface area contributed by atoms with Gasteiger partial charge < -0.3 is 23.3 Å². The van der Waals surface area contributed by atoms with Crippen LogP contribution in [0.15, 0.2) is 0 Å². The fraction of sp³-hybridized carbons (Fsp3) is 0.867. The molecule has 8 nitrogen and oxygen atoms in total.